The maximum atomic E-state index is 5.64. The van der Waals surface area contributed by atoms with Crippen molar-refractivity contribution in [1.82, 2.24) is 10.6 Å². The molecule has 4 nitrogen and oxygen atoms in total. The average Bonchev–Trinajstić information content (AvgIpc) is 2.50. The molecule has 0 unspecified atom stereocenters. The molecule has 0 aliphatic carbocycles. The Morgan fingerprint density at radius 1 is 1.10 bits per heavy atom. The fourth-order valence-corrected chi connectivity index (χ4v) is 1.76. The summed E-state index contributed by atoms with van der Waals surface area (Å²) in [6.07, 6.45) is 3.25. The first-order valence-electron chi connectivity index (χ1n) is 7.43. The minimum Gasteiger partial charge on any atom is -0.377 e. The van der Waals surface area contributed by atoms with E-state index in [4.69, 9.17) is 4.74 Å². The molecule has 0 aliphatic rings. The van der Waals surface area contributed by atoms with Crippen molar-refractivity contribution >= 4 is 5.96 Å². The van der Waals surface area contributed by atoms with E-state index in [9.17, 15) is 0 Å². The van der Waals surface area contributed by atoms with Gasteiger partial charge >= 0.3 is 0 Å². The number of rotatable bonds is 9. The summed E-state index contributed by atoms with van der Waals surface area (Å²) < 4.78 is 5.64. The van der Waals surface area contributed by atoms with E-state index in [0.717, 1.165) is 44.9 Å². The number of ether oxygens (including phenoxy) is 1. The second kappa shape index (κ2) is 11.3. The molecule has 1 aromatic rings. The van der Waals surface area contributed by atoms with E-state index in [1.54, 1.807) is 7.05 Å². The topological polar surface area (TPSA) is 45.7 Å². The third-order valence-corrected chi connectivity index (χ3v) is 2.89. The van der Waals surface area contributed by atoms with Gasteiger partial charge in [0.25, 0.3) is 0 Å². The van der Waals surface area contributed by atoms with Gasteiger partial charge in [-0.25, -0.2) is 0 Å². The number of unbranched alkanes of at least 4 members (excludes halogenated alkanes) is 1. The maximum Gasteiger partial charge on any atom is 0.190 e. The summed E-state index contributed by atoms with van der Waals surface area (Å²) in [5.74, 6) is 0.886. The summed E-state index contributed by atoms with van der Waals surface area (Å²) in [5, 5.41) is 6.55. The monoisotopic (exact) mass is 277 g/mol. The van der Waals surface area contributed by atoms with Crippen molar-refractivity contribution in [1.29, 1.82) is 0 Å². The van der Waals surface area contributed by atoms with Crippen LogP contribution in [0.1, 0.15) is 31.7 Å². The normalized spacial score (nSPS) is 11.4. The molecule has 20 heavy (non-hydrogen) atoms. The molecule has 0 saturated carbocycles. The molecule has 0 amide bonds. The van der Waals surface area contributed by atoms with Gasteiger partial charge in [-0.1, -0.05) is 37.3 Å². The van der Waals surface area contributed by atoms with Crippen LogP contribution in [0.5, 0.6) is 0 Å². The molecule has 4 heteroatoms. The number of hydrogen-bond acceptors (Lipinski definition) is 2. The van der Waals surface area contributed by atoms with Crippen molar-refractivity contribution in [2.75, 3.05) is 26.7 Å². The highest BCUT2D eigenvalue weighted by atomic mass is 16.5. The van der Waals surface area contributed by atoms with Crippen molar-refractivity contribution in [3.05, 3.63) is 35.9 Å². The summed E-state index contributed by atoms with van der Waals surface area (Å²) in [5.41, 5.74) is 1.23. The quantitative estimate of drug-likeness (QED) is 0.414. The fraction of sp³-hybridized carbons (Fsp3) is 0.562. The van der Waals surface area contributed by atoms with E-state index in [1.165, 1.54) is 5.56 Å². The fourth-order valence-electron chi connectivity index (χ4n) is 1.76. The number of benzene rings is 1. The Labute approximate surface area is 122 Å². The largest absolute Gasteiger partial charge is 0.377 e. The highest BCUT2D eigenvalue weighted by Gasteiger charge is 1.96. The molecule has 1 rings (SSSR count). The van der Waals surface area contributed by atoms with E-state index < -0.39 is 0 Å². The SMILES string of the molecule is CCCNC(=NC)NCCCCOCc1ccccc1. The molecule has 0 spiro atoms. The molecule has 0 bridgehead atoms. The second-order valence-electron chi connectivity index (χ2n) is 4.67. The Morgan fingerprint density at radius 2 is 1.85 bits per heavy atom. The van der Waals surface area contributed by atoms with Gasteiger partial charge in [-0.05, 0) is 24.8 Å². The molecule has 112 valence electrons. The van der Waals surface area contributed by atoms with Crippen LogP contribution in [-0.2, 0) is 11.3 Å². The van der Waals surface area contributed by atoms with Crippen LogP contribution in [0.15, 0.2) is 35.3 Å². The van der Waals surface area contributed by atoms with Gasteiger partial charge in [0.15, 0.2) is 5.96 Å². The van der Waals surface area contributed by atoms with E-state index in [2.05, 4.69) is 34.7 Å². The zero-order valence-electron chi connectivity index (χ0n) is 12.7. The van der Waals surface area contributed by atoms with E-state index >= 15 is 0 Å². The van der Waals surface area contributed by atoms with Crippen molar-refractivity contribution < 1.29 is 4.74 Å². The van der Waals surface area contributed by atoms with Crippen molar-refractivity contribution in [3.8, 4) is 0 Å². The number of nitrogens with one attached hydrogen (secondary N) is 2. The summed E-state index contributed by atoms with van der Waals surface area (Å²) in [6, 6.07) is 10.3. The molecular weight excluding hydrogens is 250 g/mol. The van der Waals surface area contributed by atoms with Gasteiger partial charge in [-0.2, -0.15) is 0 Å². The van der Waals surface area contributed by atoms with Crippen LogP contribution < -0.4 is 10.6 Å². The van der Waals surface area contributed by atoms with E-state index in [0.29, 0.717) is 6.61 Å². The summed E-state index contributed by atoms with van der Waals surface area (Å²) in [7, 11) is 1.80. The van der Waals surface area contributed by atoms with Gasteiger partial charge < -0.3 is 15.4 Å². The minimum absolute atomic E-state index is 0.702. The van der Waals surface area contributed by atoms with Crippen molar-refractivity contribution in [3.63, 3.8) is 0 Å². The Kier molecular flexibility index (Phi) is 9.32. The molecule has 0 atom stereocenters. The molecule has 0 saturated heterocycles. The van der Waals surface area contributed by atoms with Crippen molar-refractivity contribution in [2.45, 2.75) is 32.8 Å². The lowest BCUT2D eigenvalue weighted by atomic mass is 10.2. The lowest BCUT2D eigenvalue weighted by Gasteiger charge is -2.11. The molecule has 0 aromatic heterocycles. The van der Waals surface area contributed by atoms with Crippen LogP contribution in [0.4, 0.5) is 0 Å². The number of nitrogens with zero attached hydrogens (tertiary/aromatic N) is 1. The lowest BCUT2D eigenvalue weighted by Crippen LogP contribution is -2.38. The highest BCUT2D eigenvalue weighted by Crippen LogP contribution is 2.01. The van der Waals surface area contributed by atoms with Crippen molar-refractivity contribution in [2.24, 2.45) is 4.99 Å². The van der Waals surface area contributed by atoms with Gasteiger partial charge in [-0.3, -0.25) is 4.99 Å². The van der Waals surface area contributed by atoms with E-state index in [1.807, 2.05) is 18.2 Å². The summed E-state index contributed by atoms with van der Waals surface area (Å²) >= 11 is 0. The number of guanidine groups is 1. The number of aliphatic imine (C=N–C) groups is 1. The first-order chi connectivity index (χ1) is 9.86. The molecule has 0 aliphatic heterocycles. The smallest absolute Gasteiger partial charge is 0.190 e. The predicted octanol–water partition coefficient (Wildman–Crippen LogP) is 2.56. The van der Waals surface area contributed by atoms with Crippen LogP contribution in [0.2, 0.25) is 0 Å². The first kappa shape index (κ1) is 16.5. The maximum absolute atomic E-state index is 5.64. The molecule has 0 fully saturated rings. The van der Waals surface area contributed by atoms with Crippen LogP contribution >= 0.6 is 0 Å². The Bertz CT molecular complexity index is 365. The van der Waals surface area contributed by atoms with Crippen LogP contribution in [0.25, 0.3) is 0 Å². The summed E-state index contributed by atoms with van der Waals surface area (Å²) in [4.78, 5) is 4.16. The van der Waals surface area contributed by atoms with Gasteiger partial charge in [-0.15, -0.1) is 0 Å². The third kappa shape index (κ3) is 7.79. The molecule has 0 heterocycles. The molecule has 0 radical (unpaired) electrons. The molecule has 2 N–H and O–H groups in total. The van der Waals surface area contributed by atoms with Gasteiger partial charge in [0, 0.05) is 26.7 Å². The minimum atomic E-state index is 0.702. The van der Waals surface area contributed by atoms with Crippen LogP contribution in [0, 0.1) is 0 Å². The third-order valence-electron chi connectivity index (χ3n) is 2.89. The van der Waals surface area contributed by atoms with E-state index in [-0.39, 0.29) is 0 Å². The van der Waals surface area contributed by atoms with Gasteiger partial charge in [0.2, 0.25) is 0 Å². The molecular formula is C16H27N3O. The second-order valence-corrected chi connectivity index (χ2v) is 4.67. The molecule has 1 aromatic carbocycles. The zero-order chi connectivity index (χ0) is 14.5. The Balaban J connectivity index is 1.97. The lowest BCUT2D eigenvalue weighted by molar-refractivity contribution is 0.117. The van der Waals surface area contributed by atoms with Crippen LogP contribution in [-0.4, -0.2) is 32.7 Å². The Hall–Kier alpha value is -1.55. The first-order valence-corrected chi connectivity index (χ1v) is 7.43. The summed E-state index contributed by atoms with van der Waals surface area (Å²) in [6.45, 7) is 5.54. The number of hydrogen-bond donors (Lipinski definition) is 2. The average molecular weight is 277 g/mol. The van der Waals surface area contributed by atoms with Gasteiger partial charge in [0.1, 0.15) is 0 Å². The Morgan fingerprint density at radius 3 is 2.55 bits per heavy atom. The van der Waals surface area contributed by atoms with Crippen LogP contribution in [0.3, 0.4) is 0 Å². The van der Waals surface area contributed by atoms with Gasteiger partial charge in [0.05, 0.1) is 6.61 Å². The zero-order valence-corrected chi connectivity index (χ0v) is 12.7. The highest BCUT2D eigenvalue weighted by molar-refractivity contribution is 5.79. The standard InChI is InChI=1S/C16H27N3O/c1-3-11-18-16(17-2)19-12-7-8-13-20-14-15-9-5-4-6-10-15/h4-6,9-10H,3,7-8,11-14H2,1-2H3,(H2,17,18,19). The predicted molar refractivity (Wildman–Crippen MR) is 85.0 cm³/mol.